The Kier molecular flexibility index (Phi) is 5.06. The highest BCUT2D eigenvalue weighted by Crippen LogP contribution is 2.22. The minimum atomic E-state index is -0.183. The van der Waals surface area contributed by atoms with E-state index in [1.165, 1.54) is 16.8 Å². The molecule has 0 saturated carbocycles. The van der Waals surface area contributed by atoms with Crippen LogP contribution in [0.2, 0.25) is 0 Å². The fourth-order valence-corrected chi connectivity index (χ4v) is 3.96. The van der Waals surface area contributed by atoms with Crippen molar-refractivity contribution in [3.05, 3.63) is 59.4 Å². The summed E-state index contributed by atoms with van der Waals surface area (Å²) in [6, 6.07) is 12.7. The Morgan fingerprint density at radius 1 is 1.19 bits per heavy atom. The van der Waals surface area contributed by atoms with Crippen LogP contribution in [0.15, 0.2) is 42.6 Å². The molecule has 1 amide bonds. The summed E-state index contributed by atoms with van der Waals surface area (Å²) < 4.78 is 2.09. The molecule has 2 aromatic rings. The van der Waals surface area contributed by atoms with Gasteiger partial charge in [0.15, 0.2) is 0 Å². The number of rotatable bonds is 5. The van der Waals surface area contributed by atoms with Gasteiger partial charge >= 0.3 is 0 Å². The summed E-state index contributed by atoms with van der Waals surface area (Å²) in [6.07, 6.45) is 3.89. The summed E-state index contributed by atoms with van der Waals surface area (Å²) in [6.45, 7) is 3.62. The van der Waals surface area contributed by atoms with Gasteiger partial charge in [-0.05, 0) is 36.1 Å². The maximum atomic E-state index is 12.4. The second kappa shape index (κ2) is 7.61. The van der Waals surface area contributed by atoms with E-state index >= 15 is 0 Å². The molecule has 138 valence electrons. The van der Waals surface area contributed by atoms with Gasteiger partial charge in [0.25, 0.3) is 0 Å². The molecule has 0 bridgehead atoms. The maximum absolute atomic E-state index is 12.4. The van der Waals surface area contributed by atoms with Gasteiger partial charge in [-0.2, -0.15) is 0 Å². The van der Waals surface area contributed by atoms with Crippen LogP contribution < -0.4 is 16.2 Å². The largest absolute Gasteiger partial charge is 0.353 e. The van der Waals surface area contributed by atoms with E-state index in [4.69, 9.17) is 0 Å². The van der Waals surface area contributed by atoms with E-state index in [2.05, 4.69) is 56.0 Å². The molecule has 4 rings (SSSR count). The first kappa shape index (κ1) is 17.3. The molecule has 2 aliphatic rings. The topological polar surface area (TPSA) is 61.3 Å². The predicted molar refractivity (Wildman–Crippen MR) is 101 cm³/mol. The molecule has 2 aliphatic heterocycles. The number of carbonyl (C=O) groups excluding carboxylic acids is 1. The van der Waals surface area contributed by atoms with Crippen LogP contribution in [0.1, 0.15) is 29.3 Å². The lowest BCUT2D eigenvalue weighted by atomic mass is 10.00. The molecule has 0 aliphatic carbocycles. The zero-order valence-corrected chi connectivity index (χ0v) is 15.2. The number of hydrogen-bond acceptors (Lipinski definition) is 4. The molecule has 1 fully saturated rings. The molecular formula is C20H27N5O. The lowest BCUT2D eigenvalue weighted by Gasteiger charge is -2.28. The van der Waals surface area contributed by atoms with Crippen LogP contribution in [-0.2, 0) is 24.8 Å². The Balaban J connectivity index is 1.22. The van der Waals surface area contributed by atoms with E-state index in [0.29, 0.717) is 6.54 Å². The Morgan fingerprint density at radius 2 is 2.04 bits per heavy atom. The molecule has 1 aromatic carbocycles. The molecular weight excluding hydrogens is 326 g/mol. The number of hydrazine groups is 1. The third-order valence-electron chi connectivity index (χ3n) is 5.50. The summed E-state index contributed by atoms with van der Waals surface area (Å²) in [7, 11) is 2.03. The number of aromatic nitrogens is 1. The fourth-order valence-electron chi connectivity index (χ4n) is 3.96. The highest BCUT2D eigenvalue weighted by Gasteiger charge is 2.31. The molecule has 3 heterocycles. The Morgan fingerprint density at radius 3 is 2.85 bits per heavy atom. The van der Waals surface area contributed by atoms with Crippen molar-refractivity contribution in [2.24, 2.45) is 7.05 Å². The normalized spacial score (nSPS) is 23.0. The van der Waals surface area contributed by atoms with Crippen LogP contribution in [0.25, 0.3) is 0 Å². The third-order valence-corrected chi connectivity index (χ3v) is 5.50. The van der Waals surface area contributed by atoms with Crippen LogP contribution in [0, 0.1) is 0 Å². The van der Waals surface area contributed by atoms with Crippen molar-refractivity contribution < 1.29 is 4.79 Å². The van der Waals surface area contributed by atoms with Crippen LogP contribution in [0.5, 0.6) is 0 Å². The van der Waals surface area contributed by atoms with Crippen LogP contribution >= 0.6 is 0 Å². The second-order valence-electron chi connectivity index (χ2n) is 7.26. The summed E-state index contributed by atoms with van der Waals surface area (Å²) >= 11 is 0. The lowest BCUT2D eigenvalue weighted by Crippen LogP contribution is -2.45. The molecule has 2 unspecified atom stereocenters. The van der Waals surface area contributed by atoms with Gasteiger partial charge in [0, 0.05) is 45.1 Å². The van der Waals surface area contributed by atoms with Crippen molar-refractivity contribution >= 4 is 5.91 Å². The SMILES string of the molecule is Cn1cccc1C1CC(C(=O)NCCN2CCc3ccccc3C2)NN1. The van der Waals surface area contributed by atoms with Crippen LogP contribution in [-0.4, -0.2) is 41.1 Å². The molecule has 26 heavy (non-hydrogen) atoms. The minimum absolute atomic E-state index is 0.0756. The number of amides is 1. The van der Waals surface area contributed by atoms with Gasteiger partial charge in [0.2, 0.25) is 5.91 Å². The Hall–Kier alpha value is -2.15. The summed E-state index contributed by atoms with van der Waals surface area (Å²) in [5.74, 6) is 0.0756. The van der Waals surface area contributed by atoms with Crippen molar-refractivity contribution in [3.63, 3.8) is 0 Å². The first-order valence-corrected chi connectivity index (χ1v) is 9.40. The number of hydrogen-bond donors (Lipinski definition) is 3. The second-order valence-corrected chi connectivity index (χ2v) is 7.26. The van der Waals surface area contributed by atoms with E-state index in [9.17, 15) is 4.79 Å². The average molecular weight is 353 g/mol. The lowest BCUT2D eigenvalue weighted by molar-refractivity contribution is -0.122. The molecule has 1 saturated heterocycles. The number of nitrogens with zero attached hydrogens (tertiary/aromatic N) is 2. The Bertz CT molecular complexity index is 771. The molecule has 6 heteroatoms. The Labute approximate surface area is 154 Å². The van der Waals surface area contributed by atoms with E-state index in [-0.39, 0.29) is 18.0 Å². The van der Waals surface area contributed by atoms with Crippen LogP contribution in [0.4, 0.5) is 0 Å². The van der Waals surface area contributed by atoms with Crippen molar-refractivity contribution in [3.8, 4) is 0 Å². The summed E-state index contributed by atoms with van der Waals surface area (Å²) in [4.78, 5) is 14.9. The van der Waals surface area contributed by atoms with Gasteiger partial charge in [-0.15, -0.1) is 0 Å². The van der Waals surface area contributed by atoms with E-state index in [0.717, 1.165) is 32.5 Å². The first-order valence-electron chi connectivity index (χ1n) is 9.40. The highest BCUT2D eigenvalue weighted by molar-refractivity contribution is 5.82. The van der Waals surface area contributed by atoms with E-state index < -0.39 is 0 Å². The van der Waals surface area contributed by atoms with Gasteiger partial charge in [-0.1, -0.05) is 24.3 Å². The van der Waals surface area contributed by atoms with Crippen LogP contribution in [0.3, 0.4) is 0 Å². The quantitative estimate of drug-likeness (QED) is 0.754. The zero-order valence-electron chi connectivity index (χ0n) is 15.2. The van der Waals surface area contributed by atoms with Crippen molar-refractivity contribution in [1.29, 1.82) is 0 Å². The molecule has 0 spiro atoms. The number of carbonyl (C=O) groups is 1. The molecule has 0 radical (unpaired) electrons. The van der Waals surface area contributed by atoms with Gasteiger partial charge in [0.1, 0.15) is 6.04 Å². The van der Waals surface area contributed by atoms with Crippen molar-refractivity contribution in [1.82, 2.24) is 25.6 Å². The number of benzene rings is 1. The molecule has 3 N–H and O–H groups in total. The fraction of sp³-hybridized carbons (Fsp3) is 0.450. The van der Waals surface area contributed by atoms with Crippen molar-refractivity contribution in [2.75, 3.05) is 19.6 Å². The number of aryl methyl sites for hydroxylation is 1. The van der Waals surface area contributed by atoms with E-state index in [1.54, 1.807) is 0 Å². The zero-order chi connectivity index (χ0) is 17.9. The molecule has 2 atom stereocenters. The minimum Gasteiger partial charge on any atom is -0.353 e. The third kappa shape index (κ3) is 3.67. The highest BCUT2D eigenvalue weighted by atomic mass is 16.2. The van der Waals surface area contributed by atoms with Gasteiger partial charge in [0.05, 0.1) is 6.04 Å². The predicted octanol–water partition coefficient (Wildman–Crippen LogP) is 1.11. The molecule has 6 nitrogen and oxygen atoms in total. The standard InChI is InChI=1S/C20H27N5O/c1-24-10-4-7-19(24)17-13-18(23-22-17)20(26)21-9-12-25-11-8-15-5-2-3-6-16(15)14-25/h2-7,10,17-18,22-23H,8-9,11-14H2,1H3,(H,21,26). The summed E-state index contributed by atoms with van der Waals surface area (Å²) in [5.41, 5.74) is 10.4. The number of nitrogens with one attached hydrogen (secondary N) is 3. The first-order chi connectivity index (χ1) is 12.7. The monoisotopic (exact) mass is 353 g/mol. The maximum Gasteiger partial charge on any atom is 0.238 e. The van der Waals surface area contributed by atoms with E-state index in [1.807, 2.05) is 19.3 Å². The van der Waals surface area contributed by atoms with Gasteiger partial charge in [-0.3, -0.25) is 9.69 Å². The smallest absolute Gasteiger partial charge is 0.238 e. The van der Waals surface area contributed by atoms with Gasteiger partial charge < -0.3 is 9.88 Å². The van der Waals surface area contributed by atoms with Crippen molar-refractivity contribution in [2.45, 2.75) is 31.5 Å². The summed E-state index contributed by atoms with van der Waals surface area (Å²) in [5, 5.41) is 3.09. The molecule has 1 aromatic heterocycles. The average Bonchev–Trinajstić information content (AvgIpc) is 3.30. The number of fused-ring (bicyclic) bond motifs is 1. The van der Waals surface area contributed by atoms with Gasteiger partial charge in [-0.25, -0.2) is 10.9 Å².